The lowest BCUT2D eigenvalue weighted by Gasteiger charge is -2.31. The van der Waals surface area contributed by atoms with Gasteiger partial charge in [0.1, 0.15) is 11.9 Å². The second-order valence-corrected chi connectivity index (χ2v) is 5.00. The van der Waals surface area contributed by atoms with Crippen molar-refractivity contribution >= 4 is 0 Å². The summed E-state index contributed by atoms with van der Waals surface area (Å²) >= 11 is 0. The molecule has 94 valence electrons. The SMILES string of the molecule is COC(C)(C)C(O)c1cccc2c1OCCC2. The van der Waals surface area contributed by atoms with Gasteiger partial charge in [-0.25, -0.2) is 0 Å². The molecule has 1 aliphatic rings. The highest BCUT2D eigenvalue weighted by molar-refractivity contribution is 5.44. The Bertz CT molecular complexity index is 398. The molecule has 1 N–H and O–H groups in total. The number of hydrogen-bond donors (Lipinski definition) is 1. The van der Waals surface area contributed by atoms with E-state index < -0.39 is 11.7 Å². The number of aliphatic hydroxyl groups is 1. The number of benzene rings is 1. The third-order valence-corrected chi connectivity index (χ3v) is 3.44. The molecule has 3 heteroatoms. The molecule has 0 spiro atoms. The average molecular weight is 236 g/mol. The van der Waals surface area contributed by atoms with E-state index in [0.717, 1.165) is 30.8 Å². The van der Waals surface area contributed by atoms with Gasteiger partial charge in [-0.2, -0.15) is 0 Å². The van der Waals surface area contributed by atoms with Crippen LogP contribution in [0.5, 0.6) is 5.75 Å². The van der Waals surface area contributed by atoms with Crippen molar-refractivity contribution in [1.29, 1.82) is 0 Å². The molecule has 0 aliphatic carbocycles. The van der Waals surface area contributed by atoms with Gasteiger partial charge in [0.05, 0.1) is 12.2 Å². The Labute approximate surface area is 102 Å². The molecule has 1 heterocycles. The van der Waals surface area contributed by atoms with Crippen LogP contribution in [0.3, 0.4) is 0 Å². The highest BCUT2D eigenvalue weighted by Gasteiger charge is 2.32. The smallest absolute Gasteiger partial charge is 0.128 e. The highest BCUT2D eigenvalue weighted by Crippen LogP contribution is 2.38. The number of fused-ring (bicyclic) bond motifs is 1. The fourth-order valence-corrected chi connectivity index (χ4v) is 2.12. The zero-order valence-electron chi connectivity index (χ0n) is 10.7. The van der Waals surface area contributed by atoms with Crippen molar-refractivity contribution in [3.63, 3.8) is 0 Å². The van der Waals surface area contributed by atoms with Crippen LogP contribution >= 0.6 is 0 Å². The first-order valence-electron chi connectivity index (χ1n) is 6.04. The molecule has 2 rings (SSSR count). The van der Waals surface area contributed by atoms with Crippen LogP contribution in [-0.4, -0.2) is 24.4 Å². The van der Waals surface area contributed by atoms with Gasteiger partial charge in [-0.05, 0) is 32.3 Å². The summed E-state index contributed by atoms with van der Waals surface area (Å²) in [4.78, 5) is 0. The maximum atomic E-state index is 10.4. The van der Waals surface area contributed by atoms with Gasteiger partial charge in [0.2, 0.25) is 0 Å². The monoisotopic (exact) mass is 236 g/mol. The molecule has 0 saturated heterocycles. The van der Waals surface area contributed by atoms with Gasteiger partial charge in [0.15, 0.2) is 0 Å². The fraction of sp³-hybridized carbons (Fsp3) is 0.571. The summed E-state index contributed by atoms with van der Waals surface area (Å²) in [6.07, 6.45) is 1.38. The van der Waals surface area contributed by atoms with E-state index >= 15 is 0 Å². The van der Waals surface area contributed by atoms with E-state index in [2.05, 4.69) is 6.07 Å². The molecular formula is C14H20O3. The van der Waals surface area contributed by atoms with Gasteiger partial charge in [0, 0.05) is 12.7 Å². The van der Waals surface area contributed by atoms with Crippen molar-refractivity contribution in [2.24, 2.45) is 0 Å². The fourth-order valence-electron chi connectivity index (χ4n) is 2.12. The predicted molar refractivity (Wildman–Crippen MR) is 66.3 cm³/mol. The summed E-state index contributed by atoms with van der Waals surface area (Å²) in [7, 11) is 1.61. The molecule has 0 radical (unpaired) electrons. The maximum Gasteiger partial charge on any atom is 0.128 e. The summed E-state index contributed by atoms with van der Waals surface area (Å²) in [5.41, 5.74) is 1.39. The zero-order chi connectivity index (χ0) is 12.5. The van der Waals surface area contributed by atoms with Crippen molar-refractivity contribution in [2.45, 2.75) is 38.4 Å². The number of ether oxygens (including phenoxy) is 2. The maximum absolute atomic E-state index is 10.4. The van der Waals surface area contributed by atoms with E-state index in [1.54, 1.807) is 7.11 Å². The highest BCUT2D eigenvalue weighted by atomic mass is 16.5. The van der Waals surface area contributed by atoms with E-state index in [1.165, 1.54) is 5.56 Å². The first kappa shape index (κ1) is 12.4. The molecule has 1 atom stereocenters. The topological polar surface area (TPSA) is 38.7 Å². The van der Waals surface area contributed by atoms with Crippen LogP contribution in [0.25, 0.3) is 0 Å². The minimum Gasteiger partial charge on any atom is -0.493 e. The van der Waals surface area contributed by atoms with Gasteiger partial charge in [-0.15, -0.1) is 0 Å². The second-order valence-electron chi connectivity index (χ2n) is 5.00. The number of aryl methyl sites for hydroxylation is 1. The van der Waals surface area contributed by atoms with Crippen LogP contribution < -0.4 is 4.74 Å². The summed E-state index contributed by atoms with van der Waals surface area (Å²) in [5, 5.41) is 10.4. The molecule has 1 aromatic carbocycles. The lowest BCUT2D eigenvalue weighted by molar-refractivity contribution is -0.0802. The minimum absolute atomic E-state index is 0.615. The Morgan fingerprint density at radius 3 is 2.88 bits per heavy atom. The predicted octanol–water partition coefficient (Wildman–Crippen LogP) is 2.47. The van der Waals surface area contributed by atoms with E-state index in [-0.39, 0.29) is 0 Å². The Morgan fingerprint density at radius 2 is 2.18 bits per heavy atom. The molecule has 1 aromatic rings. The summed E-state index contributed by atoms with van der Waals surface area (Å²) < 4.78 is 11.0. The van der Waals surface area contributed by atoms with Crippen molar-refractivity contribution in [3.8, 4) is 5.75 Å². The Balaban J connectivity index is 2.39. The normalized spacial score (nSPS) is 17.2. The van der Waals surface area contributed by atoms with Crippen LogP contribution in [0.4, 0.5) is 0 Å². The van der Waals surface area contributed by atoms with Crippen LogP contribution in [0, 0.1) is 0 Å². The number of aliphatic hydroxyl groups excluding tert-OH is 1. The van der Waals surface area contributed by atoms with E-state index in [1.807, 2.05) is 26.0 Å². The van der Waals surface area contributed by atoms with Crippen LogP contribution in [0.2, 0.25) is 0 Å². The molecule has 0 amide bonds. The lowest BCUT2D eigenvalue weighted by Crippen LogP contribution is -2.32. The molecule has 1 aliphatic heterocycles. The summed E-state index contributed by atoms with van der Waals surface area (Å²) in [5.74, 6) is 0.844. The van der Waals surface area contributed by atoms with Crippen molar-refractivity contribution in [3.05, 3.63) is 29.3 Å². The first-order valence-corrected chi connectivity index (χ1v) is 6.04. The largest absolute Gasteiger partial charge is 0.493 e. The molecule has 3 nitrogen and oxygen atoms in total. The summed E-state index contributed by atoms with van der Waals surface area (Å²) in [6, 6.07) is 5.94. The number of methoxy groups -OCH3 is 1. The number of para-hydroxylation sites is 1. The van der Waals surface area contributed by atoms with Crippen molar-refractivity contribution < 1.29 is 14.6 Å². The van der Waals surface area contributed by atoms with Gasteiger partial charge in [-0.1, -0.05) is 18.2 Å². The van der Waals surface area contributed by atoms with Gasteiger partial charge in [-0.3, -0.25) is 0 Å². The molecular weight excluding hydrogens is 216 g/mol. The average Bonchev–Trinajstić information content (AvgIpc) is 2.37. The molecule has 0 saturated carbocycles. The van der Waals surface area contributed by atoms with Gasteiger partial charge in [0.25, 0.3) is 0 Å². The third kappa shape index (κ3) is 2.31. The lowest BCUT2D eigenvalue weighted by atomic mass is 9.91. The summed E-state index contributed by atoms with van der Waals surface area (Å²) in [6.45, 7) is 4.48. The quantitative estimate of drug-likeness (QED) is 0.876. The molecule has 1 unspecified atom stereocenters. The van der Waals surface area contributed by atoms with Crippen molar-refractivity contribution in [1.82, 2.24) is 0 Å². The molecule has 17 heavy (non-hydrogen) atoms. The van der Waals surface area contributed by atoms with E-state index in [4.69, 9.17) is 9.47 Å². The van der Waals surface area contributed by atoms with Crippen LogP contribution in [0.1, 0.15) is 37.5 Å². The number of rotatable bonds is 3. The van der Waals surface area contributed by atoms with E-state index in [9.17, 15) is 5.11 Å². The standard InChI is InChI=1S/C14H20O3/c1-14(2,16-3)13(15)11-8-4-6-10-7-5-9-17-12(10)11/h4,6,8,13,15H,5,7,9H2,1-3H3. The second kappa shape index (κ2) is 4.67. The van der Waals surface area contributed by atoms with Crippen LogP contribution in [-0.2, 0) is 11.2 Å². The Morgan fingerprint density at radius 1 is 1.41 bits per heavy atom. The number of hydrogen-bond acceptors (Lipinski definition) is 3. The van der Waals surface area contributed by atoms with Crippen molar-refractivity contribution in [2.75, 3.05) is 13.7 Å². The Kier molecular flexibility index (Phi) is 3.40. The minimum atomic E-state index is -0.680. The first-order chi connectivity index (χ1) is 8.06. The molecule has 0 bridgehead atoms. The Hall–Kier alpha value is -1.06. The third-order valence-electron chi connectivity index (χ3n) is 3.44. The molecule has 0 fully saturated rings. The van der Waals surface area contributed by atoms with Crippen LogP contribution in [0.15, 0.2) is 18.2 Å². The van der Waals surface area contributed by atoms with Gasteiger partial charge >= 0.3 is 0 Å². The molecule has 0 aromatic heterocycles. The van der Waals surface area contributed by atoms with E-state index in [0.29, 0.717) is 0 Å². The zero-order valence-corrected chi connectivity index (χ0v) is 10.7. The van der Waals surface area contributed by atoms with Gasteiger partial charge < -0.3 is 14.6 Å².